The standard InChI is InChI=1S/C12H13FN2O4S/c1-15(7-6-12(16)19-2)20(17,18)11-5-3-4-10(13)9(11)8-14/h3-5H,6-7H2,1-2H3. The number of hydrogen-bond acceptors (Lipinski definition) is 5. The molecule has 0 N–H and O–H groups in total. The van der Waals surface area contributed by atoms with Crippen LogP contribution in [0.1, 0.15) is 12.0 Å². The summed E-state index contributed by atoms with van der Waals surface area (Å²) < 4.78 is 43.2. The number of rotatable bonds is 5. The number of benzene rings is 1. The van der Waals surface area contributed by atoms with Crippen molar-refractivity contribution in [3.63, 3.8) is 0 Å². The van der Waals surface area contributed by atoms with Gasteiger partial charge in [0.25, 0.3) is 0 Å². The highest BCUT2D eigenvalue weighted by molar-refractivity contribution is 7.89. The lowest BCUT2D eigenvalue weighted by molar-refractivity contribution is -0.140. The lowest BCUT2D eigenvalue weighted by atomic mass is 10.2. The van der Waals surface area contributed by atoms with Gasteiger partial charge in [-0.15, -0.1) is 0 Å². The Morgan fingerprint density at radius 1 is 1.50 bits per heavy atom. The first-order valence-corrected chi connectivity index (χ1v) is 7.00. The van der Waals surface area contributed by atoms with Crippen LogP contribution in [0.5, 0.6) is 0 Å². The molecule has 0 aliphatic carbocycles. The minimum absolute atomic E-state index is 0.129. The molecule has 0 saturated heterocycles. The molecule has 1 aromatic carbocycles. The molecule has 1 aromatic rings. The van der Waals surface area contributed by atoms with Crippen LogP contribution >= 0.6 is 0 Å². The fourth-order valence-electron chi connectivity index (χ4n) is 1.47. The summed E-state index contributed by atoms with van der Waals surface area (Å²) >= 11 is 0. The summed E-state index contributed by atoms with van der Waals surface area (Å²) in [6.07, 6.45) is -0.135. The first-order chi connectivity index (χ1) is 9.34. The minimum Gasteiger partial charge on any atom is -0.469 e. The molecule has 108 valence electrons. The highest BCUT2D eigenvalue weighted by Gasteiger charge is 2.26. The Balaban J connectivity index is 3.09. The summed E-state index contributed by atoms with van der Waals surface area (Å²) in [4.78, 5) is 10.6. The van der Waals surface area contributed by atoms with E-state index >= 15 is 0 Å². The molecular weight excluding hydrogens is 287 g/mol. The van der Waals surface area contributed by atoms with E-state index in [2.05, 4.69) is 4.74 Å². The van der Waals surface area contributed by atoms with Crippen molar-refractivity contribution < 1.29 is 22.3 Å². The second-order valence-corrected chi connectivity index (χ2v) is 5.89. The molecule has 0 amide bonds. The van der Waals surface area contributed by atoms with Crippen LogP contribution in [-0.4, -0.2) is 39.4 Å². The number of halogens is 1. The highest BCUT2D eigenvalue weighted by Crippen LogP contribution is 2.21. The predicted molar refractivity (Wildman–Crippen MR) is 67.6 cm³/mol. The average Bonchev–Trinajstić information content (AvgIpc) is 2.43. The van der Waals surface area contributed by atoms with Gasteiger partial charge >= 0.3 is 5.97 Å². The molecule has 0 fully saturated rings. The zero-order chi connectivity index (χ0) is 15.3. The molecule has 0 aromatic heterocycles. The third-order valence-corrected chi connectivity index (χ3v) is 4.53. The van der Waals surface area contributed by atoms with E-state index in [1.165, 1.54) is 26.3 Å². The average molecular weight is 300 g/mol. The molecule has 8 heteroatoms. The van der Waals surface area contributed by atoms with Crippen LogP contribution in [0.4, 0.5) is 4.39 Å². The lowest BCUT2D eigenvalue weighted by Gasteiger charge is -2.17. The topological polar surface area (TPSA) is 87.5 Å². The van der Waals surface area contributed by atoms with Gasteiger partial charge < -0.3 is 4.74 Å². The zero-order valence-electron chi connectivity index (χ0n) is 11.0. The Labute approximate surface area is 116 Å². The first kappa shape index (κ1) is 16.1. The van der Waals surface area contributed by atoms with E-state index in [0.717, 1.165) is 16.4 Å². The maximum Gasteiger partial charge on any atom is 0.306 e. The van der Waals surface area contributed by atoms with Gasteiger partial charge in [0.15, 0.2) is 0 Å². The predicted octanol–water partition coefficient (Wildman–Crippen LogP) is 0.881. The van der Waals surface area contributed by atoms with Gasteiger partial charge in [0.1, 0.15) is 22.3 Å². The third-order valence-electron chi connectivity index (χ3n) is 2.63. The van der Waals surface area contributed by atoms with Crippen LogP contribution in [0.3, 0.4) is 0 Å². The van der Waals surface area contributed by atoms with Crippen molar-refractivity contribution in [1.29, 1.82) is 5.26 Å². The molecule has 0 spiro atoms. The maximum atomic E-state index is 13.4. The lowest BCUT2D eigenvalue weighted by Crippen LogP contribution is -2.30. The Kier molecular flexibility index (Phi) is 5.19. The van der Waals surface area contributed by atoms with Crippen LogP contribution in [0.2, 0.25) is 0 Å². The molecule has 0 bridgehead atoms. The van der Waals surface area contributed by atoms with Crippen LogP contribution < -0.4 is 0 Å². The van der Waals surface area contributed by atoms with Crippen molar-refractivity contribution in [3.8, 4) is 6.07 Å². The molecular formula is C12H13FN2O4S. The molecule has 6 nitrogen and oxygen atoms in total. The van der Waals surface area contributed by atoms with Gasteiger partial charge in [0.2, 0.25) is 10.0 Å². The van der Waals surface area contributed by atoms with Crippen molar-refractivity contribution in [2.75, 3.05) is 20.7 Å². The molecule has 0 unspecified atom stereocenters. The van der Waals surface area contributed by atoms with Gasteiger partial charge in [-0.05, 0) is 12.1 Å². The number of hydrogen-bond donors (Lipinski definition) is 0. The molecule has 0 aliphatic rings. The van der Waals surface area contributed by atoms with E-state index in [-0.39, 0.29) is 13.0 Å². The number of carbonyl (C=O) groups excluding carboxylic acids is 1. The van der Waals surface area contributed by atoms with Crippen molar-refractivity contribution in [3.05, 3.63) is 29.6 Å². The van der Waals surface area contributed by atoms with Crippen molar-refractivity contribution in [1.82, 2.24) is 4.31 Å². The van der Waals surface area contributed by atoms with Crippen LogP contribution in [-0.2, 0) is 19.6 Å². The number of esters is 1. The van der Waals surface area contributed by atoms with Crippen molar-refractivity contribution in [2.24, 2.45) is 0 Å². The molecule has 20 heavy (non-hydrogen) atoms. The number of nitrogens with zero attached hydrogens (tertiary/aromatic N) is 2. The van der Waals surface area contributed by atoms with Gasteiger partial charge in [0.05, 0.1) is 13.5 Å². The maximum absolute atomic E-state index is 13.4. The fraction of sp³-hybridized carbons (Fsp3) is 0.333. The number of ether oxygens (including phenoxy) is 1. The number of nitriles is 1. The summed E-state index contributed by atoms with van der Waals surface area (Å²) in [6.45, 7) is -0.129. The van der Waals surface area contributed by atoms with Gasteiger partial charge in [-0.1, -0.05) is 6.07 Å². The van der Waals surface area contributed by atoms with E-state index in [1.54, 1.807) is 0 Å². The molecule has 0 atom stereocenters. The minimum atomic E-state index is -4.05. The van der Waals surface area contributed by atoms with E-state index in [1.807, 2.05) is 0 Å². The monoisotopic (exact) mass is 300 g/mol. The Morgan fingerprint density at radius 3 is 2.70 bits per heavy atom. The smallest absolute Gasteiger partial charge is 0.306 e. The SMILES string of the molecule is COC(=O)CCN(C)S(=O)(=O)c1cccc(F)c1C#N. The molecule has 0 aliphatic heterocycles. The van der Waals surface area contributed by atoms with Gasteiger partial charge in [0, 0.05) is 13.6 Å². The van der Waals surface area contributed by atoms with Crippen molar-refractivity contribution >= 4 is 16.0 Å². The van der Waals surface area contributed by atoms with Crippen LogP contribution in [0.25, 0.3) is 0 Å². The Bertz CT molecular complexity index is 652. The number of sulfonamides is 1. The summed E-state index contributed by atoms with van der Waals surface area (Å²) in [6, 6.07) is 4.88. The van der Waals surface area contributed by atoms with Gasteiger partial charge in [-0.2, -0.15) is 5.26 Å². The zero-order valence-corrected chi connectivity index (χ0v) is 11.8. The summed E-state index contributed by atoms with van der Waals surface area (Å²) in [5, 5.41) is 8.85. The Morgan fingerprint density at radius 2 is 2.15 bits per heavy atom. The van der Waals surface area contributed by atoms with Crippen LogP contribution in [0.15, 0.2) is 23.1 Å². The van der Waals surface area contributed by atoms with E-state index in [9.17, 15) is 17.6 Å². The molecule has 0 heterocycles. The summed E-state index contributed by atoms with van der Waals surface area (Å²) in [7, 11) is -1.61. The Hall–Kier alpha value is -1.98. The first-order valence-electron chi connectivity index (χ1n) is 5.56. The quantitative estimate of drug-likeness (QED) is 0.753. The van der Waals surface area contributed by atoms with E-state index < -0.39 is 32.3 Å². The normalized spacial score (nSPS) is 11.2. The summed E-state index contributed by atoms with van der Waals surface area (Å²) in [5.41, 5.74) is -0.544. The molecule has 0 saturated carbocycles. The highest BCUT2D eigenvalue weighted by atomic mass is 32.2. The largest absolute Gasteiger partial charge is 0.469 e. The van der Waals surface area contributed by atoms with Crippen molar-refractivity contribution in [2.45, 2.75) is 11.3 Å². The fourth-order valence-corrected chi connectivity index (χ4v) is 2.79. The van der Waals surface area contributed by atoms with Gasteiger partial charge in [-0.25, -0.2) is 17.1 Å². The number of methoxy groups -OCH3 is 1. The van der Waals surface area contributed by atoms with Crippen LogP contribution in [0, 0.1) is 17.1 Å². The van der Waals surface area contributed by atoms with E-state index in [0.29, 0.717) is 0 Å². The second kappa shape index (κ2) is 6.45. The van der Waals surface area contributed by atoms with Gasteiger partial charge in [-0.3, -0.25) is 4.79 Å². The third kappa shape index (κ3) is 3.31. The molecule has 0 radical (unpaired) electrons. The molecule has 1 rings (SSSR count). The van der Waals surface area contributed by atoms with E-state index in [4.69, 9.17) is 5.26 Å². The summed E-state index contributed by atoms with van der Waals surface area (Å²) in [5.74, 6) is -1.47. The number of carbonyl (C=O) groups is 1. The second-order valence-electron chi connectivity index (χ2n) is 3.88.